The van der Waals surface area contributed by atoms with E-state index in [9.17, 15) is 4.79 Å². The Morgan fingerprint density at radius 1 is 1.16 bits per heavy atom. The molecule has 0 spiro atoms. The molecule has 0 bridgehead atoms. The maximum Gasteiger partial charge on any atom is 0.335 e. The van der Waals surface area contributed by atoms with Crippen LogP contribution in [0.5, 0.6) is 5.75 Å². The van der Waals surface area contributed by atoms with E-state index < -0.39 is 5.97 Å². The van der Waals surface area contributed by atoms with Gasteiger partial charge in [-0.2, -0.15) is 0 Å². The molecule has 0 aliphatic carbocycles. The molecule has 0 saturated heterocycles. The van der Waals surface area contributed by atoms with E-state index in [0.29, 0.717) is 5.56 Å². The van der Waals surface area contributed by atoms with E-state index in [1.165, 1.54) is 0 Å². The number of hydrogen-bond acceptors (Lipinski definition) is 2. The van der Waals surface area contributed by atoms with Gasteiger partial charge in [0.1, 0.15) is 11.9 Å². The lowest BCUT2D eigenvalue weighted by atomic mass is 10.0. The van der Waals surface area contributed by atoms with Crippen molar-refractivity contribution < 1.29 is 14.6 Å². The van der Waals surface area contributed by atoms with Gasteiger partial charge in [0.25, 0.3) is 0 Å². The van der Waals surface area contributed by atoms with Crippen molar-refractivity contribution in [2.45, 2.75) is 20.0 Å². The van der Waals surface area contributed by atoms with Gasteiger partial charge in [-0.05, 0) is 49.2 Å². The highest BCUT2D eigenvalue weighted by atomic mass is 16.5. The Labute approximate surface area is 112 Å². The van der Waals surface area contributed by atoms with Crippen molar-refractivity contribution in [2.75, 3.05) is 0 Å². The molecular weight excluding hydrogens is 240 g/mol. The SMILES string of the molecule is Cc1cc(C(=O)O)ccc1C(C)Oc1ccccc1. The molecule has 2 aromatic carbocycles. The molecule has 0 aliphatic rings. The maximum atomic E-state index is 10.9. The molecule has 2 rings (SSSR count). The summed E-state index contributed by atoms with van der Waals surface area (Å²) in [5, 5.41) is 8.94. The zero-order chi connectivity index (χ0) is 13.8. The Bertz CT molecular complexity index is 576. The Morgan fingerprint density at radius 2 is 1.84 bits per heavy atom. The number of hydrogen-bond donors (Lipinski definition) is 1. The minimum Gasteiger partial charge on any atom is -0.486 e. The average Bonchev–Trinajstić information content (AvgIpc) is 2.39. The third kappa shape index (κ3) is 3.13. The van der Waals surface area contributed by atoms with Gasteiger partial charge in [-0.25, -0.2) is 4.79 Å². The molecule has 3 nitrogen and oxygen atoms in total. The van der Waals surface area contributed by atoms with E-state index >= 15 is 0 Å². The number of aryl methyl sites for hydroxylation is 1. The lowest BCUT2D eigenvalue weighted by molar-refractivity contribution is 0.0696. The number of benzene rings is 2. The van der Waals surface area contributed by atoms with Crippen molar-refractivity contribution in [3.63, 3.8) is 0 Å². The van der Waals surface area contributed by atoms with E-state index in [1.807, 2.05) is 50.2 Å². The molecule has 0 heterocycles. The second kappa shape index (κ2) is 5.57. The highest BCUT2D eigenvalue weighted by Crippen LogP contribution is 2.24. The summed E-state index contributed by atoms with van der Waals surface area (Å²) in [4.78, 5) is 10.9. The molecule has 0 aromatic heterocycles. The Hall–Kier alpha value is -2.29. The van der Waals surface area contributed by atoms with Gasteiger partial charge in [-0.3, -0.25) is 0 Å². The first-order valence-corrected chi connectivity index (χ1v) is 6.13. The zero-order valence-electron chi connectivity index (χ0n) is 11.0. The van der Waals surface area contributed by atoms with E-state index in [1.54, 1.807) is 12.1 Å². The highest BCUT2D eigenvalue weighted by molar-refractivity contribution is 5.87. The van der Waals surface area contributed by atoms with Crippen molar-refractivity contribution >= 4 is 5.97 Å². The van der Waals surface area contributed by atoms with Crippen LogP contribution in [0.15, 0.2) is 48.5 Å². The third-order valence-electron chi connectivity index (χ3n) is 3.01. The topological polar surface area (TPSA) is 46.5 Å². The van der Waals surface area contributed by atoms with Gasteiger partial charge < -0.3 is 9.84 Å². The molecule has 1 atom stereocenters. The summed E-state index contributed by atoms with van der Waals surface area (Å²) in [7, 11) is 0. The molecule has 0 aliphatic heterocycles. The van der Waals surface area contributed by atoms with Crippen LogP contribution in [0.2, 0.25) is 0 Å². The smallest absolute Gasteiger partial charge is 0.335 e. The third-order valence-corrected chi connectivity index (χ3v) is 3.01. The van der Waals surface area contributed by atoms with Gasteiger partial charge in [-0.1, -0.05) is 24.3 Å². The van der Waals surface area contributed by atoms with E-state index in [0.717, 1.165) is 16.9 Å². The van der Waals surface area contributed by atoms with Gasteiger partial charge in [0, 0.05) is 0 Å². The quantitative estimate of drug-likeness (QED) is 0.904. The van der Waals surface area contributed by atoms with Crippen LogP contribution in [-0.4, -0.2) is 11.1 Å². The van der Waals surface area contributed by atoms with Crippen molar-refractivity contribution in [3.8, 4) is 5.75 Å². The first-order valence-electron chi connectivity index (χ1n) is 6.13. The summed E-state index contributed by atoms with van der Waals surface area (Å²) in [6.07, 6.45) is -0.120. The molecule has 2 aromatic rings. The lowest BCUT2D eigenvalue weighted by Crippen LogP contribution is -2.06. The summed E-state index contributed by atoms with van der Waals surface area (Å²) < 4.78 is 5.83. The van der Waals surface area contributed by atoms with Crippen LogP contribution in [0.1, 0.15) is 34.5 Å². The predicted molar refractivity (Wildman–Crippen MR) is 73.6 cm³/mol. The number of aromatic carboxylic acids is 1. The average molecular weight is 256 g/mol. The fraction of sp³-hybridized carbons (Fsp3) is 0.188. The van der Waals surface area contributed by atoms with E-state index in [-0.39, 0.29) is 6.10 Å². The largest absolute Gasteiger partial charge is 0.486 e. The van der Waals surface area contributed by atoms with Gasteiger partial charge in [-0.15, -0.1) is 0 Å². The first-order chi connectivity index (χ1) is 9.08. The molecule has 19 heavy (non-hydrogen) atoms. The predicted octanol–water partition coefficient (Wildman–Crippen LogP) is 3.83. The lowest BCUT2D eigenvalue weighted by Gasteiger charge is -2.17. The molecule has 98 valence electrons. The second-order valence-corrected chi connectivity index (χ2v) is 4.45. The standard InChI is InChI=1S/C16H16O3/c1-11-10-13(16(17)18)8-9-15(11)12(2)19-14-6-4-3-5-7-14/h3-10,12H,1-2H3,(H,17,18). The van der Waals surface area contributed by atoms with Crippen LogP contribution in [0.4, 0.5) is 0 Å². The van der Waals surface area contributed by atoms with Gasteiger partial charge in [0.15, 0.2) is 0 Å². The number of rotatable bonds is 4. The number of carboxylic acids is 1. The molecule has 1 N–H and O–H groups in total. The van der Waals surface area contributed by atoms with Gasteiger partial charge >= 0.3 is 5.97 Å². The van der Waals surface area contributed by atoms with Crippen molar-refractivity contribution in [2.24, 2.45) is 0 Å². The van der Waals surface area contributed by atoms with E-state index in [4.69, 9.17) is 9.84 Å². The fourth-order valence-corrected chi connectivity index (χ4v) is 2.03. The number of carbonyl (C=O) groups is 1. The summed E-state index contributed by atoms with van der Waals surface area (Å²) in [5.74, 6) is -0.108. The molecule has 1 unspecified atom stereocenters. The van der Waals surface area contributed by atoms with Crippen molar-refractivity contribution in [1.82, 2.24) is 0 Å². The molecule has 0 fully saturated rings. The molecule has 0 saturated carbocycles. The number of ether oxygens (including phenoxy) is 1. The molecule has 0 amide bonds. The monoisotopic (exact) mass is 256 g/mol. The minimum atomic E-state index is -0.911. The zero-order valence-corrected chi connectivity index (χ0v) is 11.0. The molecule has 3 heteroatoms. The Kier molecular flexibility index (Phi) is 3.85. The van der Waals surface area contributed by atoms with Crippen molar-refractivity contribution in [1.29, 1.82) is 0 Å². The number of para-hydroxylation sites is 1. The van der Waals surface area contributed by atoms with Crippen LogP contribution < -0.4 is 4.74 Å². The van der Waals surface area contributed by atoms with Crippen LogP contribution in [0.3, 0.4) is 0 Å². The second-order valence-electron chi connectivity index (χ2n) is 4.45. The summed E-state index contributed by atoms with van der Waals surface area (Å²) in [6, 6.07) is 14.7. The molecular formula is C16H16O3. The van der Waals surface area contributed by atoms with Crippen LogP contribution >= 0.6 is 0 Å². The van der Waals surface area contributed by atoms with E-state index in [2.05, 4.69) is 0 Å². The fourth-order valence-electron chi connectivity index (χ4n) is 2.03. The summed E-state index contributed by atoms with van der Waals surface area (Å²) >= 11 is 0. The Morgan fingerprint density at radius 3 is 2.42 bits per heavy atom. The van der Waals surface area contributed by atoms with Crippen molar-refractivity contribution in [3.05, 3.63) is 65.2 Å². The molecule has 0 radical (unpaired) electrons. The van der Waals surface area contributed by atoms with Gasteiger partial charge in [0.05, 0.1) is 5.56 Å². The summed E-state index contributed by atoms with van der Waals surface area (Å²) in [6.45, 7) is 3.85. The van der Waals surface area contributed by atoms with Crippen LogP contribution in [0.25, 0.3) is 0 Å². The van der Waals surface area contributed by atoms with Crippen LogP contribution in [-0.2, 0) is 0 Å². The maximum absolute atomic E-state index is 10.9. The Balaban J connectivity index is 2.20. The normalized spacial score (nSPS) is 11.9. The highest BCUT2D eigenvalue weighted by Gasteiger charge is 2.12. The van der Waals surface area contributed by atoms with Gasteiger partial charge in [0.2, 0.25) is 0 Å². The summed E-state index contributed by atoms with van der Waals surface area (Å²) in [5.41, 5.74) is 2.21. The first kappa shape index (κ1) is 13.1. The minimum absolute atomic E-state index is 0.120. The van der Waals surface area contributed by atoms with Crippen LogP contribution in [0, 0.1) is 6.92 Å². The number of carboxylic acid groups (broad SMARTS) is 1.